The highest BCUT2D eigenvalue weighted by Crippen LogP contribution is 2.15. The van der Waals surface area contributed by atoms with Gasteiger partial charge in [0, 0.05) is 19.3 Å². The van der Waals surface area contributed by atoms with E-state index in [4.69, 9.17) is 14.2 Å². The van der Waals surface area contributed by atoms with Crippen LogP contribution in [0.1, 0.15) is 245 Å². The van der Waals surface area contributed by atoms with Crippen molar-refractivity contribution in [3.63, 3.8) is 0 Å². The van der Waals surface area contributed by atoms with Crippen LogP contribution in [0.5, 0.6) is 0 Å². The second kappa shape index (κ2) is 53.9. The van der Waals surface area contributed by atoms with Gasteiger partial charge in [-0.2, -0.15) is 0 Å². The minimum absolute atomic E-state index is 0.111. The molecule has 6 nitrogen and oxygen atoms in total. The Morgan fingerprint density at radius 3 is 1.14 bits per heavy atom. The number of carbonyl (C=O) groups is 3. The van der Waals surface area contributed by atoms with Crippen LogP contribution < -0.4 is 0 Å². The van der Waals surface area contributed by atoms with Gasteiger partial charge in [0.05, 0.1) is 0 Å². The van der Waals surface area contributed by atoms with Crippen LogP contribution in [-0.2, 0) is 28.6 Å². The minimum atomic E-state index is -0.821. The van der Waals surface area contributed by atoms with Crippen LogP contribution >= 0.6 is 0 Å². The van der Waals surface area contributed by atoms with Gasteiger partial charge in [0.2, 0.25) is 0 Å². The van der Waals surface area contributed by atoms with Gasteiger partial charge in [-0.3, -0.25) is 14.4 Å². The standard InChI is InChI=1S/C60H100O6/c1-4-7-10-13-16-19-22-25-27-29-31-32-35-38-41-44-47-50-53-59(62)65-56-57(55-64-58(61)52-49-46-43-40-37-34-24-21-18-15-12-9-6-3)66-60(63)54-51-48-45-42-39-36-33-30-28-26-23-20-17-14-11-8-5-2/h9,12,15,17-18,20-21,24,26,28,33-34,36-37,42,45,57H,4-8,10-11,13-14,16,19,22-23,25,27,29-32,35,38-41,43-44,46-56H2,1-3H3/b12-9-,18-15-,20-17-,24-21-,28-26-,36-33-,37-34-,45-42-. The lowest BCUT2D eigenvalue weighted by atomic mass is 10.0. The summed E-state index contributed by atoms with van der Waals surface area (Å²) < 4.78 is 16.7. The van der Waals surface area contributed by atoms with E-state index >= 15 is 0 Å². The molecule has 0 radical (unpaired) electrons. The third-order valence-electron chi connectivity index (χ3n) is 11.4. The Labute approximate surface area is 407 Å². The molecule has 1 unspecified atom stereocenters. The second-order valence-corrected chi connectivity index (χ2v) is 17.9. The molecule has 0 aliphatic carbocycles. The van der Waals surface area contributed by atoms with Crippen molar-refractivity contribution in [2.75, 3.05) is 13.2 Å². The molecule has 376 valence electrons. The summed E-state index contributed by atoms with van der Waals surface area (Å²) in [5.41, 5.74) is 0. The zero-order chi connectivity index (χ0) is 47.9. The smallest absolute Gasteiger partial charge is 0.306 e. The van der Waals surface area contributed by atoms with E-state index in [1.807, 2.05) is 36.5 Å². The molecule has 0 amide bonds. The third kappa shape index (κ3) is 51.3. The van der Waals surface area contributed by atoms with Crippen LogP contribution in [0, 0.1) is 0 Å². The van der Waals surface area contributed by atoms with Gasteiger partial charge in [0.25, 0.3) is 0 Å². The number of rotatable bonds is 48. The summed E-state index contributed by atoms with van der Waals surface area (Å²) in [7, 11) is 0. The highest BCUT2D eigenvalue weighted by molar-refractivity contribution is 5.71. The average molecular weight is 917 g/mol. The normalized spacial score (nSPS) is 12.8. The van der Waals surface area contributed by atoms with E-state index in [0.29, 0.717) is 19.3 Å². The molecule has 0 aromatic carbocycles. The maximum atomic E-state index is 12.8. The van der Waals surface area contributed by atoms with E-state index in [9.17, 15) is 14.4 Å². The summed E-state index contributed by atoms with van der Waals surface area (Å²) in [6.45, 7) is 6.40. The molecule has 0 aliphatic heterocycles. The molecule has 0 spiro atoms. The number of carbonyl (C=O) groups excluding carboxylic acids is 3. The number of hydrogen-bond donors (Lipinski definition) is 0. The lowest BCUT2D eigenvalue weighted by Gasteiger charge is -2.18. The van der Waals surface area contributed by atoms with Crippen molar-refractivity contribution in [1.82, 2.24) is 0 Å². The largest absolute Gasteiger partial charge is 0.462 e. The van der Waals surface area contributed by atoms with E-state index in [1.165, 1.54) is 122 Å². The molecule has 0 rings (SSSR count). The molecular formula is C60H100O6. The van der Waals surface area contributed by atoms with Crippen molar-refractivity contribution in [1.29, 1.82) is 0 Å². The monoisotopic (exact) mass is 917 g/mol. The molecule has 0 saturated carbocycles. The summed E-state index contributed by atoms with van der Waals surface area (Å²) in [6.07, 6.45) is 71.2. The van der Waals surface area contributed by atoms with Gasteiger partial charge in [0.15, 0.2) is 6.10 Å². The number of esters is 3. The summed E-state index contributed by atoms with van der Waals surface area (Å²) in [5, 5.41) is 0. The van der Waals surface area contributed by atoms with Crippen molar-refractivity contribution >= 4 is 17.9 Å². The van der Waals surface area contributed by atoms with Gasteiger partial charge >= 0.3 is 17.9 Å². The van der Waals surface area contributed by atoms with Crippen LogP contribution in [0.15, 0.2) is 97.2 Å². The van der Waals surface area contributed by atoms with Gasteiger partial charge < -0.3 is 14.2 Å². The molecule has 0 aromatic rings. The van der Waals surface area contributed by atoms with Crippen molar-refractivity contribution in [2.24, 2.45) is 0 Å². The van der Waals surface area contributed by atoms with E-state index < -0.39 is 6.10 Å². The van der Waals surface area contributed by atoms with Gasteiger partial charge in [0.1, 0.15) is 13.2 Å². The minimum Gasteiger partial charge on any atom is -0.462 e. The SMILES string of the molecule is CC\C=C/C=C\C=C/C=C\CCCCCC(=O)OCC(COC(=O)CCCCCCCCCCCCCCCCCCCC)OC(=O)CCC/C=C\C/C=C\C/C=C\C/C=C\CCCCC. The Kier molecular flexibility index (Phi) is 50.9. The number of allylic oxidation sites excluding steroid dienone is 16. The summed E-state index contributed by atoms with van der Waals surface area (Å²) in [4.78, 5) is 38.0. The van der Waals surface area contributed by atoms with Crippen LogP contribution in [-0.4, -0.2) is 37.2 Å². The van der Waals surface area contributed by atoms with Crippen LogP contribution in [0.25, 0.3) is 0 Å². The molecule has 0 fully saturated rings. The Hall–Kier alpha value is -3.67. The quantitative estimate of drug-likeness (QED) is 0.0199. The van der Waals surface area contributed by atoms with Gasteiger partial charge in [-0.05, 0) is 77.0 Å². The Bertz CT molecular complexity index is 1330. The molecule has 0 bridgehead atoms. The van der Waals surface area contributed by atoms with Gasteiger partial charge in [-0.1, -0.05) is 246 Å². The van der Waals surface area contributed by atoms with Crippen molar-refractivity contribution in [3.05, 3.63) is 97.2 Å². The maximum absolute atomic E-state index is 12.8. The molecule has 0 N–H and O–H groups in total. The summed E-state index contributed by atoms with van der Waals surface area (Å²) >= 11 is 0. The third-order valence-corrected chi connectivity index (χ3v) is 11.4. The van der Waals surface area contributed by atoms with Gasteiger partial charge in [-0.25, -0.2) is 0 Å². The molecule has 66 heavy (non-hydrogen) atoms. The first-order valence-electron chi connectivity index (χ1n) is 27.3. The van der Waals surface area contributed by atoms with E-state index in [2.05, 4.69) is 81.5 Å². The first-order chi connectivity index (χ1) is 32.5. The fourth-order valence-corrected chi connectivity index (χ4v) is 7.33. The van der Waals surface area contributed by atoms with Crippen LogP contribution in [0.4, 0.5) is 0 Å². The van der Waals surface area contributed by atoms with Crippen molar-refractivity contribution < 1.29 is 28.6 Å². The molecule has 0 aliphatic rings. The van der Waals surface area contributed by atoms with Crippen molar-refractivity contribution in [2.45, 2.75) is 252 Å². The molecule has 0 saturated heterocycles. The fraction of sp³-hybridized carbons (Fsp3) is 0.683. The molecular weight excluding hydrogens is 817 g/mol. The van der Waals surface area contributed by atoms with E-state index in [1.54, 1.807) is 0 Å². The first-order valence-corrected chi connectivity index (χ1v) is 27.3. The predicted molar refractivity (Wildman–Crippen MR) is 284 cm³/mol. The molecule has 1 atom stereocenters. The Balaban J connectivity index is 4.49. The summed E-state index contributed by atoms with van der Waals surface area (Å²) in [5.74, 6) is -1.01. The molecule has 0 aromatic heterocycles. The number of hydrogen-bond acceptors (Lipinski definition) is 6. The van der Waals surface area contributed by atoms with Crippen molar-refractivity contribution in [3.8, 4) is 0 Å². The highest BCUT2D eigenvalue weighted by atomic mass is 16.6. The van der Waals surface area contributed by atoms with Gasteiger partial charge in [-0.15, -0.1) is 0 Å². The highest BCUT2D eigenvalue weighted by Gasteiger charge is 2.19. The summed E-state index contributed by atoms with van der Waals surface area (Å²) in [6, 6.07) is 0. The first kappa shape index (κ1) is 62.3. The average Bonchev–Trinajstić information content (AvgIpc) is 3.31. The molecule has 6 heteroatoms. The second-order valence-electron chi connectivity index (χ2n) is 17.9. The fourth-order valence-electron chi connectivity index (χ4n) is 7.33. The van der Waals surface area contributed by atoms with E-state index in [0.717, 1.165) is 77.0 Å². The topological polar surface area (TPSA) is 78.9 Å². The lowest BCUT2D eigenvalue weighted by molar-refractivity contribution is -0.167. The van der Waals surface area contributed by atoms with Crippen LogP contribution in [0.3, 0.4) is 0 Å². The zero-order valence-corrected chi connectivity index (χ0v) is 42.9. The maximum Gasteiger partial charge on any atom is 0.306 e. The van der Waals surface area contributed by atoms with Crippen LogP contribution in [0.2, 0.25) is 0 Å². The zero-order valence-electron chi connectivity index (χ0n) is 42.9. The number of ether oxygens (including phenoxy) is 3. The van der Waals surface area contributed by atoms with E-state index in [-0.39, 0.29) is 37.5 Å². The lowest BCUT2D eigenvalue weighted by Crippen LogP contribution is -2.30. The Morgan fingerprint density at radius 1 is 0.333 bits per heavy atom. The Morgan fingerprint density at radius 2 is 0.667 bits per heavy atom. The predicted octanol–water partition coefficient (Wildman–Crippen LogP) is 18.1. The molecule has 0 heterocycles. The number of unbranched alkanes of at least 4 members (excludes halogenated alkanes) is 24.